The van der Waals surface area contributed by atoms with Crippen LogP contribution in [0.15, 0.2) is 53.5 Å². The van der Waals surface area contributed by atoms with E-state index in [2.05, 4.69) is 23.3 Å². The van der Waals surface area contributed by atoms with E-state index >= 15 is 0 Å². The van der Waals surface area contributed by atoms with Crippen molar-refractivity contribution in [1.82, 2.24) is 0 Å². The predicted octanol–water partition coefficient (Wildman–Crippen LogP) is 4.20. The lowest BCUT2D eigenvalue weighted by atomic mass is 10.1. The quantitative estimate of drug-likeness (QED) is 0.400. The zero-order chi connectivity index (χ0) is 16.7. The second-order valence-corrected chi connectivity index (χ2v) is 5.29. The molecule has 0 aliphatic heterocycles. The highest BCUT2D eigenvalue weighted by atomic mass is 127. The normalized spacial score (nSPS) is 12.2. The van der Waals surface area contributed by atoms with Crippen molar-refractivity contribution in [1.29, 1.82) is 0 Å². The predicted molar refractivity (Wildman–Crippen MR) is 108 cm³/mol. The molecular formula is C18H23FIN3O. The third-order valence-corrected chi connectivity index (χ3v) is 3.26. The summed E-state index contributed by atoms with van der Waals surface area (Å²) in [7, 11) is 0. The summed E-state index contributed by atoms with van der Waals surface area (Å²) in [6.45, 7) is 4.34. The Labute approximate surface area is 159 Å². The summed E-state index contributed by atoms with van der Waals surface area (Å²) in [6, 6.07) is 14.1. The van der Waals surface area contributed by atoms with Crippen molar-refractivity contribution in [3.8, 4) is 5.75 Å². The summed E-state index contributed by atoms with van der Waals surface area (Å²) in [4.78, 5) is 4.26. The SMILES string of the molecule is CCc1cccc(NC(N)=NCC(C)Oc2cccc(F)c2)c1.I. The standard InChI is InChI=1S/C18H22FN3O.HI/c1-3-14-6-4-8-16(10-14)22-18(20)21-12-13(2)23-17-9-5-7-15(19)11-17;/h4-11,13H,3,12H2,1-2H3,(H3,20,21,22);1H. The second-order valence-electron chi connectivity index (χ2n) is 5.29. The van der Waals surface area contributed by atoms with Gasteiger partial charge in [-0.1, -0.05) is 25.1 Å². The highest BCUT2D eigenvalue weighted by Crippen LogP contribution is 2.14. The Morgan fingerprint density at radius 2 is 2.00 bits per heavy atom. The Hall–Kier alpha value is -1.83. The first kappa shape index (κ1) is 20.2. The van der Waals surface area contributed by atoms with Crippen LogP contribution in [-0.4, -0.2) is 18.6 Å². The minimum absolute atomic E-state index is 0. The maximum atomic E-state index is 13.1. The number of anilines is 1. The van der Waals surface area contributed by atoms with Gasteiger partial charge in [-0.15, -0.1) is 24.0 Å². The van der Waals surface area contributed by atoms with E-state index in [0.717, 1.165) is 12.1 Å². The van der Waals surface area contributed by atoms with E-state index in [-0.39, 0.29) is 35.9 Å². The largest absolute Gasteiger partial charge is 0.489 e. The molecule has 0 aliphatic rings. The van der Waals surface area contributed by atoms with Crippen LogP contribution < -0.4 is 15.8 Å². The lowest BCUT2D eigenvalue weighted by Crippen LogP contribution is -2.25. The number of hydrogen-bond donors (Lipinski definition) is 2. The smallest absolute Gasteiger partial charge is 0.193 e. The number of rotatable bonds is 6. The van der Waals surface area contributed by atoms with Crippen LogP contribution in [0.5, 0.6) is 5.75 Å². The van der Waals surface area contributed by atoms with E-state index in [9.17, 15) is 4.39 Å². The van der Waals surface area contributed by atoms with Gasteiger partial charge >= 0.3 is 0 Å². The average molecular weight is 443 g/mol. The molecule has 130 valence electrons. The molecule has 24 heavy (non-hydrogen) atoms. The summed E-state index contributed by atoms with van der Waals surface area (Å²) >= 11 is 0. The van der Waals surface area contributed by atoms with Crippen molar-refractivity contribution in [2.75, 3.05) is 11.9 Å². The fourth-order valence-electron chi connectivity index (χ4n) is 2.09. The molecule has 0 amide bonds. The van der Waals surface area contributed by atoms with Crippen molar-refractivity contribution in [2.45, 2.75) is 26.4 Å². The Morgan fingerprint density at radius 1 is 1.25 bits per heavy atom. The number of nitrogens with two attached hydrogens (primary N) is 1. The number of aliphatic imine (C=N–C) groups is 1. The molecule has 0 aromatic heterocycles. The van der Waals surface area contributed by atoms with Crippen LogP contribution in [0.2, 0.25) is 0 Å². The Bertz CT molecular complexity index is 679. The summed E-state index contributed by atoms with van der Waals surface area (Å²) in [6.07, 6.45) is 0.754. The van der Waals surface area contributed by atoms with Crippen LogP contribution >= 0.6 is 24.0 Å². The van der Waals surface area contributed by atoms with Crippen LogP contribution in [0.1, 0.15) is 19.4 Å². The molecule has 0 heterocycles. The number of nitrogens with one attached hydrogen (secondary N) is 1. The number of halogens is 2. The van der Waals surface area contributed by atoms with Gasteiger partial charge in [0.25, 0.3) is 0 Å². The molecule has 1 atom stereocenters. The number of nitrogens with zero attached hydrogens (tertiary/aromatic N) is 1. The molecular weight excluding hydrogens is 420 g/mol. The van der Waals surface area contributed by atoms with Crippen molar-refractivity contribution in [3.63, 3.8) is 0 Å². The van der Waals surface area contributed by atoms with Crippen molar-refractivity contribution < 1.29 is 9.13 Å². The van der Waals surface area contributed by atoms with E-state index < -0.39 is 0 Å². The molecule has 2 aromatic rings. The fraction of sp³-hybridized carbons (Fsp3) is 0.278. The topological polar surface area (TPSA) is 59.6 Å². The number of hydrogen-bond acceptors (Lipinski definition) is 2. The molecule has 0 aliphatic carbocycles. The summed E-state index contributed by atoms with van der Waals surface area (Å²) in [5, 5.41) is 3.06. The number of benzene rings is 2. The Balaban J connectivity index is 0.00000288. The maximum Gasteiger partial charge on any atom is 0.193 e. The van der Waals surface area contributed by atoms with Gasteiger partial charge in [-0.05, 0) is 43.2 Å². The van der Waals surface area contributed by atoms with Gasteiger partial charge in [0.05, 0.1) is 6.54 Å². The molecule has 4 nitrogen and oxygen atoms in total. The van der Waals surface area contributed by atoms with Gasteiger partial charge in [0, 0.05) is 11.8 Å². The first-order valence-corrected chi connectivity index (χ1v) is 7.65. The van der Waals surface area contributed by atoms with Gasteiger partial charge in [0.2, 0.25) is 0 Å². The molecule has 0 spiro atoms. The summed E-state index contributed by atoms with van der Waals surface area (Å²) < 4.78 is 18.7. The average Bonchev–Trinajstić information content (AvgIpc) is 2.53. The first-order chi connectivity index (χ1) is 11.1. The molecule has 0 bridgehead atoms. The zero-order valence-corrected chi connectivity index (χ0v) is 16.2. The number of guanidine groups is 1. The highest BCUT2D eigenvalue weighted by molar-refractivity contribution is 14.0. The van der Waals surface area contributed by atoms with E-state index in [1.54, 1.807) is 12.1 Å². The van der Waals surface area contributed by atoms with Gasteiger partial charge < -0.3 is 15.8 Å². The van der Waals surface area contributed by atoms with Crippen molar-refractivity contribution >= 4 is 35.6 Å². The van der Waals surface area contributed by atoms with E-state index in [4.69, 9.17) is 10.5 Å². The van der Waals surface area contributed by atoms with Crippen LogP contribution in [0.25, 0.3) is 0 Å². The van der Waals surface area contributed by atoms with Gasteiger partial charge in [-0.3, -0.25) is 0 Å². The third-order valence-electron chi connectivity index (χ3n) is 3.26. The van der Waals surface area contributed by atoms with Gasteiger partial charge in [-0.25, -0.2) is 9.38 Å². The lowest BCUT2D eigenvalue weighted by molar-refractivity contribution is 0.229. The van der Waals surface area contributed by atoms with Crippen molar-refractivity contribution in [3.05, 3.63) is 59.9 Å². The second kappa shape index (κ2) is 10.1. The monoisotopic (exact) mass is 443 g/mol. The van der Waals surface area contributed by atoms with E-state index in [1.165, 1.54) is 17.7 Å². The number of aryl methyl sites for hydroxylation is 1. The lowest BCUT2D eigenvalue weighted by Gasteiger charge is -2.13. The Morgan fingerprint density at radius 3 is 2.71 bits per heavy atom. The van der Waals surface area contributed by atoms with Crippen LogP contribution in [0.3, 0.4) is 0 Å². The van der Waals surface area contributed by atoms with E-state index in [1.807, 2.05) is 25.1 Å². The van der Waals surface area contributed by atoms with Crippen molar-refractivity contribution in [2.24, 2.45) is 10.7 Å². The maximum absolute atomic E-state index is 13.1. The molecule has 0 saturated carbocycles. The molecule has 0 saturated heterocycles. The summed E-state index contributed by atoms with van der Waals surface area (Å²) in [5.74, 6) is 0.484. The minimum atomic E-state index is -0.324. The van der Waals surface area contributed by atoms with E-state index in [0.29, 0.717) is 18.3 Å². The molecule has 6 heteroatoms. The molecule has 3 N–H and O–H groups in total. The Kier molecular flexibility index (Phi) is 8.53. The molecule has 2 aromatic carbocycles. The summed E-state index contributed by atoms with van der Waals surface area (Å²) in [5.41, 5.74) is 8.02. The van der Waals surface area contributed by atoms with Crippen LogP contribution in [0.4, 0.5) is 10.1 Å². The molecule has 2 rings (SSSR count). The fourth-order valence-corrected chi connectivity index (χ4v) is 2.09. The first-order valence-electron chi connectivity index (χ1n) is 7.65. The highest BCUT2D eigenvalue weighted by Gasteiger charge is 2.05. The zero-order valence-electron chi connectivity index (χ0n) is 13.8. The van der Waals surface area contributed by atoms with Crippen LogP contribution in [-0.2, 0) is 6.42 Å². The third kappa shape index (κ3) is 6.74. The number of ether oxygens (including phenoxy) is 1. The molecule has 0 fully saturated rings. The molecule has 0 radical (unpaired) electrons. The van der Waals surface area contributed by atoms with Gasteiger partial charge in [0.1, 0.15) is 17.7 Å². The van der Waals surface area contributed by atoms with Gasteiger partial charge in [-0.2, -0.15) is 0 Å². The molecule has 1 unspecified atom stereocenters. The van der Waals surface area contributed by atoms with Gasteiger partial charge in [0.15, 0.2) is 5.96 Å². The van der Waals surface area contributed by atoms with Crippen LogP contribution in [0, 0.1) is 5.82 Å². The minimum Gasteiger partial charge on any atom is -0.489 e.